The molecule has 2 N–H and O–H groups in total. The molecule has 18 heavy (non-hydrogen) atoms. The maximum absolute atomic E-state index is 12.4. The summed E-state index contributed by atoms with van der Waals surface area (Å²) in [5.41, 5.74) is -2.33. The second-order valence-electron chi connectivity index (χ2n) is 3.35. The normalized spacial score (nSPS) is 13.1. The summed E-state index contributed by atoms with van der Waals surface area (Å²) < 4.78 is 41.3. The molecule has 1 rings (SSSR count). The zero-order chi connectivity index (χ0) is 13.9. The van der Waals surface area contributed by atoms with Gasteiger partial charge in [0.15, 0.2) is 5.69 Å². The van der Waals surface area contributed by atoms with Crippen molar-refractivity contribution in [3.8, 4) is 0 Å². The van der Waals surface area contributed by atoms with Crippen molar-refractivity contribution in [3.63, 3.8) is 0 Å². The summed E-state index contributed by atoms with van der Waals surface area (Å²) in [6.07, 6.45) is -4.29. The minimum Gasteiger partial charge on any atom is -0.480 e. The Morgan fingerprint density at radius 2 is 2.17 bits per heavy atom. The van der Waals surface area contributed by atoms with Gasteiger partial charge >= 0.3 is 12.1 Å². The predicted octanol–water partition coefficient (Wildman–Crippen LogP) is 1.29. The molecule has 100 valence electrons. The SMILES string of the molecule is CCC(NC(=O)c1conc1C(F)(F)F)C(=O)O. The van der Waals surface area contributed by atoms with Gasteiger partial charge in [-0.05, 0) is 6.42 Å². The zero-order valence-electron chi connectivity index (χ0n) is 9.11. The van der Waals surface area contributed by atoms with Crippen molar-refractivity contribution in [1.29, 1.82) is 0 Å². The summed E-state index contributed by atoms with van der Waals surface area (Å²) in [4.78, 5) is 22.1. The fraction of sp³-hybridized carbons (Fsp3) is 0.444. The molecule has 9 heteroatoms. The summed E-state index contributed by atoms with van der Waals surface area (Å²) in [7, 11) is 0. The van der Waals surface area contributed by atoms with E-state index in [0.717, 1.165) is 0 Å². The molecular weight excluding hydrogens is 257 g/mol. The van der Waals surface area contributed by atoms with Crippen LogP contribution >= 0.6 is 0 Å². The summed E-state index contributed by atoms with van der Waals surface area (Å²) in [5, 5.41) is 13.3. The Kier molecular flexibility index (Phi) is 3.94. The number of aliphatic carboxylic acids is 1. The van der Waals surface area contributed by atoms with Gasteiger partial charge in [0.25, 0.3) is 5.91 Å². The number of carboxylic acids is 1. The minimum atomic E-state index is -4.84. The lowest BCUT2D eigenvalue weighted by molar-refractivity contribution is -0.143. The van der Waals surface area contributed by atoms with Gasteiger partial charge < -0.3 is 14.9 Å². The van der Waals surface area contributed by atoms with E-state index in [4.69, 9.17) is 5.11 Å². The van der Waals surface area contributed by atoms with Crippen molar-refractivity contribution in [1.82, 2.24) is 10.5 Å². The number of carbonyl (C=O) groups is 2. The van der Waals surface area contributed by atoms with E-state index in [9.17, 15) is 22.8 Å². The molecule has 0 fully saturated rings. The van der Waals surface area contributed by atoms with Gasteiger partial charge in [0.05, 0.1) is 0 Å². The number of halogens is 3. The molecule has 0 spiro atoms. The number of hydrogen-bond donors (Lipinski definition) is 2. The van der Waals surface area contributed by atoms with Crippen LogP contribution in [0.1, 0.15) is 29.4 Å². The number of nitrogens with one attached hydrogen (secondary N) is 1. The molecule has 1 heterocycles. The highest BCUT2D eigenvalue weighted by Gasteiger charge is 2.40. The van der Waals surface area contributed by atoms with E-state index in [1.165, 1.54) is 6.92 Å². The van der Waals surface area contributed by atoms with Crippen LogP contribution in [0.25, 0.3) is 0 Å². The van der Waals surface area contributed by atoms with Crippen molar-refractivity contribution in [2.24, 2.45) is 0 Å². The van der Waals surface area contributed by atoms with Crippen LogP contribution in [0.4, 0.5) is 13.2 Å². The highest BCUT2D eigenvalue weighted by molar-refractivity contribution is 5.97. The van der Waals surface area contributed by atoms with Crippen LogP contribution in [0, 0.1) is 0 Å². The van der Waals surface area contributed by atoms with Crippen molar-refractivity contribution in [2.45, 2.75) is 25.6 Å². The zero-order valence-corrected chi connectivity index (χ0v) is 9.11. The molecule has 1 amide bonds. The van der Waals surface area contributed by atoms with Gasteiger partial charge in [-0.1, -0.05) is 12.1 Å². The second-order valence-corrected chi connectivity index (χ2v) is 3.35. The lowest BCUT2D eigenvalue weighted by Crippen LogP contribution is -2.40. The minimum absolute atomic E-state index is 0.0354. The number of alkyl halides is 3. The highest BCUT2D eigenvalue weighted by Crippen LogP contribution is 2.30. The van der Waals surface area contributed by atoms with E-state index in [1.54, 1.807) is 0 Å². The number of hydrogen-bond acceptors (Lipinski definition) is 4. The van der Waals surface area contributed by atoms with Gasteiger partial charge in [0.2, 0.25) is 0 Å². The average molecular weight is 266 g/mol. The third kappa shape index (κ3) is 2.99. The standard InChI is InChI=1S/C9H9F3N2O4/c1-2-5(8(16)17)13-7(15)4-3-18-14-6(4)9(10,11)12/h3,5H,2H2,1H3,(H,13,15)(H,16,17). The number of rotatable bonds is 4. The maximum atomic E-state index is 12.4. The second kappa shape index (κ2) is 5.07. The third-order valence-corrected chi connectivity index (χ3v) is 2.09. The maximum Gasteiger partial charge on any atom is 0.437 e. The van der Waals surface area contributed by atoms with E-state index in [2.05, 4.69) is 9.68 Å². The van der Waals surface area contributed by atoms with Crippen LogP contribution in [0.5, 0.6) is 0 Å². The monoisotopic (exact) mass is 266 g/mol. The van der Waals surface area contributed by atoms with Crippen LogP contribution in [0.15, 0.2) is 10.8 Å². The molecule has 1 aromatic heterocycles. The van der Waals surface area contributed by atoms with Crippen molar-refractivity contribution in [2.75, 3.05) is 0 Å². The molecule has 0 aliphatic carbocycles. The average Bonchev–Trinajstić information content (AvgIpc) is 2.73. The Bertz CT molecular complexity index is 455. The topological polar surface area (TPSA) is 92.4 Å². The first-order valence-corrected chi connectivity index (χ1v) is 4.82. The quantitative estimate of drug-likeness (QED) is 0.856. The molecule has 0 aliphatic heterocycles. The summed E-state index contributed by atoms with van der Waals surface area (Å²) in [6, 6.07) is -1.27. The molecule has 0 aromatic carbocycles. The number of amides is 1. The number of aromatic nitrogens is 1. The van der Waals surface area contributed by atoms with Gasteiger partial charge in [0, 0.05) is 0 Å². The van der Waals surface area contributed by atoms with Crippen LogP contribution < -0.4 is 5.32 Å². The van der Waals surface area contributed by atoms with E-state index < -0.39 is 35.4 Å². The lowest BCUT2D eigenvalue weighted by atomic mass is 10.2. The molecule has 1 unspecified atom stereocenters. The van der Waals surface area contributed by atoms with Gasteiger partial charge in [-0.25, -0.2) is 4.79 Å². The molecular formula is C9H9F3N2O4. The Morgan fingerprint density at radius 1 is 1.56 bits per heavy atom. The fourth-order valence-electron chi connectivity index (χ4n) is 1.18. The van der Waals surface area contributed by atoms with Crippen molar-refractivity contribution >= 4 is 11.9 Å². The van der Waals surface area contributed by atoms with Crippen LogP contribution in [0.2, 0.25) is 0 Å². The first-order valence-electron chi connectivity index (χ1n) is 4.82. The Labute approximate surface area is 98.8 Å². The molecule has 0 saturated heterocycles. The molecule has 1 aromatic rings. The van der Waals surface area contributed by atoms with E-state index in [1.807, 2.05) is 5.32 Å². The van der Waals surface area contributed by atoms with E-state index >= 15 is 0 Å². The Morgan fingerprint density at radius 3 is 2.61 bits per heavy atom. The smallest absolute Gasteiger partial charge is 0.437 e. The number of nitrogens with zero attached hydrogens (tertiary/aromatic N) is 1. The van der Waals surface area contributed by atoms with E-state index in [-0.39, 0.29) is 6.42 Å². The molecule has 1 atom stereocenters. The first kappa shape index (κ1) is 14.0. The Balaban J connectivity index is 2.92. The summed E-state index contributed by atoms with van der Waals surface area (Å²) >= 11 is 0. The largest absolute Gasteiger partial charge is 0.480 e. The van der Waals surface area contributed by atoms with Crippen LogP contribution in [-0.2, 0) is 11.0 Å². The molecule has 0 bridgehead atoms. The molecule has 0 radical (unpaired) electrons. The lowest BCUT2D eigenvalue weighted by Gasteiger charge is -2.12. The fourth-order valence-corrected chi connectivity index (χ4v) is 1.18. The predicted molar refractivity (Wildman–Crippen MR) is 50.7 cm³/mol. The molecule has 0 aliphatic rings. The van der Waals surface area contributed by atoms with Gasteiger partial charge in [-0.3, -0.25) is 4.79 Å². The van der Waals surface area contributed by atoms with Crippen LogP contribution in [0.3, 0.4) is 0 Å². The molecule has 6 nitrogen and oxygen atoms in total. The van der Waals surface area contributed by atoms with Crippen molar-refractivity contribution in [3.05, 3.63) is 17.5 Å². The van der Waals surface area contributed by atoms with Gasteiger partial charge in [-0.15, -0.1) is 0 Å². The van der Waals surface area contributed by atoms with E-state index in [0.29, 0.717) is 6.26 Å². The highest BCUT2D eigenvalue weighted by atomic mass is 19.4. The van der Waals surface area contributed by atoms with Gasteiger partial charge in [-0.2, -0.15) is 13.2 Å². The third-order valence-electron chi connectivity index (χ3n) is 2.09. The van der Waals surface area contributed by atoms with Gasteiger partial charge in [0.1, 0.15) is 17.9 Å². The van der Waals surface area contributed by atoms with Crippen molar-refractivity contribution < 1.29 is 32.4 Å². The summed E-state index contributed by atoms with van der Waals surface area (Å²) in [5.74, 6) is -2.53. The molecule has 0 saturated carbocycles. The Hall–Kier alpha value is -2.06. The van der Waals surface area contributed by atoms with Crippen LogP contribution in [-0.4, -0.2) is 28.2 Å². The number of carbonyl (C=O) groups excluding carboxylic acids is 1. The summed E-state index contributed by atoms with van der Waals surface area (Å²) in [6.45, 7) is 1.47. The number of carboxylic acid groups (broad SMARTS) is 1. The first-order chi connectivity index (χ1) is 8.27.